The predicted octanol–water partition coefficient (Wildman–Crippen LogP) is 1.07. The van der Waals surface area contributed by atoms with Crippen molar-refractivity contribution in [2.24, 2.45) is 5.92 Å². The number of carbonyl (C=O) groups is 2. The van der Waals surface area contributed by atoms with Gasteiger partial charge in [0.05, 0.1) is 17.4 Å². The Kier molecular flexibility index (Phi) is 4.46. The Bertz CT molecular complexity index is 827. The number of thiophene rings is 1. The Morgan fingerprint density at radius 1 is 1.26 bits per heavy atom. The number of carbonyl (C=O) groups excluding carboxylic acids is 2. The molecule has 122 valence electrons. The molecule has 2 aromatic heterocycles. The summed E-state index contributed by atoms with van der Waals surface area (Å²) < 4.78 is 22.7. The third-order valence-corrected chi connectivity index (χ3v) is 6.75. The monoisotopic (exact) mass is 371 g/mol. The van der Waals surface area contributed by atoms with Crippen molar-refractivity contribution in [1.29, 1.82) is 0 Å². The third-order valence-electron chi connectivity index (χ3n) is 3.41. The van der Waals surface area contributed by atoms with E-state index in [4.69, 9.17) is 0 Å². The number of nitrogens with one attached hydrogen (secondary N) is 2. The molecule has 7 nitrogen and oxygen atoms in total. The van der Waals surface area contributed by atoms with Gasteiger partial charge in [-0.2, -0.15) is 11.3 Å². The number of thiazole rings is 1. The number of nitrogens with zero attached hydrogens (tertiary/aromatic N) is 1. The van der Waals surface area contributed by atoms with Crippen molar-refractivity contribution in [3.05, 3.63) is 27.9 Å². The highest BCUT2D eigenvalue weighted by Gasteiger charge is 2.33. The molecule has 1 aliphatic rings. The predicted molar refractivity (Wildman–Crippen MR) is 87.8 cm³/mol. The maximum Gasteiger partial charge on any atom is 0.289 e. The van der Waals surface area contributed by atoms with E-state index in [0.717, 1.165) is 10.6 Å². The maximum atomic E-state index is 12.0. The Labute approximate surface area is 140 Å². The van der Waals surface area contributed by atoms with Gasteiger partial charge in [-0.3, -0.25) is 20.4 Å². The molecular formula is C13H13N3O4S3. The smallest absolute Gasteiger partial charge is 0.273 e. The molecule has 0 bridgehead atoms. The molecule has 0 aliphatic carbocycles. The number of amides is 2. The molecule has 0 unspecified atom stereocenters. The average molecular weight is 371 g/mol. The van der Waals surface area contributed by atoms with E-state index < -0.39 is 27.6 Å². The standard InChI is InChI=1S/C13H13N3O4S3/c17-11(9-2-4-23(19,20)7-9)15-16-12(18)10-6-22-13(14-10)8-1-3-21-5-8/h1,3,5-6,9H,2,4,7H2,(H,15,17)(H,16,18)/t9-/m1/s1. The van der Waals surface area contributed by atoms with E-state index in [0.29, 0.717) is 0 Å². The van der Waals surface area contributed by atoms with E-state index in [-0.39, 0.29) is 23.6 Å². The zero-order valence-corrected chi connectivity index (χ0v) is 14.3. The van der Waals surface area contributed by atoms with Crippen LogP contribution >= 0.6 is 22.7 Å². The van der Waals surface area contributed by atoms with Crippen molar-refractivity contribution >= 4 is 44.3 Å². The van der Waals surface area contributed by atoms with E-state index in [2.05, 4.69) is 15.8 Å². The highest BCUT2D eigenvalue weighted by Crippen LogP contribution is 2.25. The first-order valence-corrected chi connectivity index (χ1v) is 10.4. The summed E-state index contributed by atoms with van der Waals surface area (Å²) in [4.78, 5) is 28.0. The summed E-state index contributed by atoms with van der Waals surface area (Å²) in [6.45, 7) is 0. The minimum Gasteiger partial charge on any atom is -0.273 e. The van der Waals surface area contributed by atoms with E-state index in [9.17, 15) is 18.0 Å². The van der Waals surface area contributed by atoms with Crippen molar-refractivity contribution in [2.45, 2.75) is 6.42 Å². The number of aromatic nitrogens is 1. The Morgan fingerprint density at radius 2 is 2.09 bits per heavy atom. The molecule has 0 aromatic carbocycles. The van der Waals surface area contributed by atoms with Gasteiger partial charge < -0.3 is 0 Å². The summed E-state index contributed by atoms with van der Waals surface area (Å²) in [5.74, 6) is -1.80. The topological polar surface area (TPSA) is 105 Å². The molecule has 1 aliphatic heterocycles. The Morgan fingerprint density at radius 3 is 2.74 bits per heavy atom. The third kappa shape index (κ3) is 3.77. The maximum absolute atomic E-state index is 12.0. The van der Waals surface area contributed by atoms with Crippen LogP contribution in [0.3, 0.4) is 0 Å². The van der Waals surface area contributed by atoms with E-state index in [1.54, 1.807) is 16.7 Å². The van der Waals surface area contributed by atoms with Gasteiger partial charge in [-0.15, -0.1) is 11.3 Å². The molecule has 0 radical (unpaired) electrons. The molecule has 2 aromatic rings. The SMILES string of the molecule is O=C(NNC(=O)[C@@H]1CCS(=O)(=O)C1)c1csc(-c2ccsc2)n1. The lowest BCUT2D eigenvalue weighted by atomic mass is 10.1. The number of hydrazine groups is 1. The lowest BCUT2D eigenvalue weighted by Gasteiger charge is -2.09. The lowest BCUT2D eigenvalue weighted by Crippen LogP contribution is -2.45. The Balaban J connectivity index is 1.57. The van der Waals surface area contributed by atoms with E-state index in [1.165, 1.54) is 11.3 Å². The van der Waals surface area contributed by atoms with Crippen LogP contribution < -0.4 is 10.9 Å². The quantitative estimate of drug-likeness (QED) is 0.785. The van der Waals surface area contributed by atoms with Crippen LogP contribution in [0.2, 0.25) is 0 Å². The second kappa shape index (κ2) is 6.38. The van der Waals surface area contributed by atoms with Gasteiger partial charge in [0.25, 0.3) is 5.91 Å². The zero-order valence-electron chi connectivity index (χ0n) is 11.8. The first kappa shape index (κ1) is 16.1. The molecule has 2 N–H and O–H groups in total. The van der Waals surface area contributed by atoms with Gasteiger partial charge >= 0.3 is 0 Å². The summed E-state index contributed by atoms with van der Waals surface area (Å²) >= 11 is 2.88. The molecular weight excluding hydrogens is 358 g/mol. The fourth-order valence-corrected chi connectivity index (χ4v) is 5.44. The lowest BCUT2D eigenvalue weighted by molar-refractivity contribution is -0.125. The summed E-state index contributed by atoms with van der Waals surface area (Å²) in [7, 11) is -3.14. The molecule has 1 atom stereocenters. The van der Waals surface area contributed by atoms with Gasteiger partial charge in [-0.25, -0.2) is 13.4 Å². The van der Waals surface area contributed by atoms with Crippen LogP contribution in [0.5, 0.6) is 0 Å². The molecule has 0 saturated carbocycles. The van der Waals surface area contributed by atoms with E-state index in [1.807, 2.05) is 16.8 Å². The number of rotatable bonds is 3. The van der Waals surface area contributed by atoms with Crippen LogP contribution in [0, 0.1) is 5.92 Å². The number of sulfone groups is 1. The highest BCUT2D eigenvalue weighted by molar-refractivity contribution is 7.91. The van der Waals surface area contributed by atoms with Crippen LogP contribution in [-0.2, 0) is 14.6 Å². The van der Waals surface area contributed by atoms with E-state index >= 15 is 0 Å². The molecule has 23 heavy (non-hydrogen) atoms. The average Bonchev–Trinajstić information content (AvgIpc) is 3.23. The minimum absolute atomic E-state index is 0.00905. The highest BCUT2D eigenvalue weighted by atomic mass is 32.2. The zero-order chi connectivity index (χ0) is 16.4. The molecule has 2 amide bonds. The van der Waals surface area contributed by atoms with Crippen LogP contribution in [0.1, 0.15) is 16.9 Å². The van der Waals surface area contributed by atoms with Crippen LogP contribution in [0.25, 0.3) is 10.6 Å². The van der Waals surface area contributed by atoms with Gasteiger partial charge in [-0.1, -0.05) is 0 Å². The largest absolute Gasteiger partial charge is 0.289 e. The van der Waals surface area contributed by atoms with Crippen molar-refractivity contribution < 1.29 is 18.0 Å². The summed E-state index contributed by atoms with van der Waals surface area (Å²) in [5.41, 5.74) is 5.69. The van der Waals surface area contributed by atoms with Crippen LogP contribution in [0.15, 0.2) is 22.2 Å². The van der Waals surface area contributed by atoms with Gasteiger partial charge in [0.2, 0.25) is 5.91 Å². The second-order valence-corrected chi connectivity index (χ2v) is 8.96. The van der Waals surface area contributed by atoms with Gasteiger partial charge in [-0.05, 0) is 17.9 Å². The molecule has 10 heteroatoms. The molecule has 3 heterocycles. The van der Waals surface area contributed by atoms with Crippen molar-refractivity contribution in [3.63, 3.8) is 0 Å². The minimum atomic E-state index is -3.14. The van der Waals surface area contributed by atoms with Crippen molar-refractivity contribution in [3.8, 4) is 10.6 Å². The van der Waals surface area contributed by atoms with Crippen molar-refractivity contribution in [2.75, 3.05) is 11.5 Å². The second-order valence-electron chi connectivity index (χ2n) is 5.09. The van der Waals surface area contributed by atoms with Crippen LogP contribution in [0.4, 0.5) is 0 Å². The number of hydrogen-bond donors (Lipinski definition) is 2. The normalized spacial score (nSPS) is 19.4. The van der Waals surface area contributed by atoms with Crippen molar-refractivity contribution in [1.82, 2.24) is 15.8 Å². The van der Waals surface area contributed by atoms with Crippen LogP contribution in [-0.4, -0.2) is 36.7 Å². The van der Waals surface area contributed by atoms with Gasteiger partial charge in [0.15, 0.2) is 9.84 Å². The summed E-state index contributed by atoms with van der Waals surface area (Å²) in [6, 6.07) is 1.91. The van der Waals surface area contributed by atoms with Gasteiger partial charge in [0.1, 0.15) is 10.7 Å². The first-order valence-electron chi connectivity index (χ1n) is 6.73. The summed E-state index contributed by atoms with van der Waals surface area (Å²) in [6.07, 6.45) is 0.281. The molecule has 0 spiro atoms. The summed E-state index contributed by atoms with van der Waals surface area (Å²) in [5, 5.41) is 6.19. The number of hydrogen-bond acceptors (Lipinski definition) is 7. The molecule has 1 saturated heterocycles. The molecule has 3 rings (SSSR count). The molecule has 1 fully saturated rings. The Hall–Kier alpha value is -1.78. The fraction of sp³-hybridized carbons (Fsp3) is 0.308. The fourth-order valence-electron chi connectivity index (χ4n) is 2.18. The van der Waals surface area contributed by atoms with Gasteiger partial charge in [0, 0.05) is 16.3 Å². The first-order chi connectivity index (χ1) is 10.9.